The third-order valence-corrected chi connectivity index (χ3v) is 5.17. The highest BCUT2D eigenvalue weighted by atomic mass is 16.7. The Hall–Kier alpha value is -0.320. The quantitative estimate of drug-likeness (QED) is 0.177. The van der Waals surface area contributed by atoms with E-state index in [2.05, 4.69) is 43.6 Å². The Labute approximate surface area is 164 Å². The molecule has 1 unspecified atom stereocenters. The Bertz CT molecular complexity index is 380. The molecule has 1 rings (SSSR count). The maximum Gasteiger partial charge on any atom is 0.146 e. The molecule has 27 heavy (non-hydrogen) atoms. The van der Waals surface area contributed by atoms with Gasteiger partial charge in [-0.15, -0.1) is 0 Å². The summed E-state index contributed by atoms with van der Waals surface area (Å²) in [6.45, 7) is 14.7. The molecule has 162 valence electrons. The van der Waals surface area contributed by atoms with Gasteiger partial charge < -0.3 is 41.0 Å². The van der Waals surface area contributed by atoms with Crippen LogP contribution < -0.4 is 21.7 Å². The van der Waals surface area contributed by atoms with E-state index in [1.54, 1.807) is 7.11 Å². The molecule has 0 amide bonds. The van der Waals surface area contributed by atoms with E-state index in [0.29, 0.717) is 19.7 Å². The van der Waals surface area contributed by atoms with Crippen molar-refractivity contribution in [2.24, 2.45) is 16.6 Å². The normalized spacial score (nSPS) is 24.6. The average molecular weight is 391 g/mol. The molecule has 0 spiro atoms. The lowest BCUT2D eigenvalue weighted by molar-refractivity contribution is -0.301. The summed E-state index contributed by atoms with van der Waals surface area (Å²) in [6.07, 6.45) is -0.429. The van der Waals surface area contributed by atoms with Crippen LogP contribution in [0.4, 0.5) is 0 Å². The van der Waals surface area contributed by atoms with Gasteiger partial charge in [-0.05, 0) is 0 Å². The zero-order chi connectivity index (χ0) is 20.3. The summed E-state index contributed by atoms with van der Waals surface area (Å²) in [4.78, 5) is 0. The van der Waals surface area contributed by atoms with Gasteiger partial charge in [-0.2, -0.15) is 0 Å². The van der Waals surface area contributed by atoms with E-state index in [-0.39, 0.29) is 29.8 Å². The number of hydrogen-bond donors (Lipinski definition) is 5. The maximum atomic E-state index is 10.2. The second-order valence-electron chi connectivity index (χ2n) is 8.46. The number of hydrogen-bond acceptors (Lipinski definition) is 8. The number of aliphatic hydroxyl groups is 1. The Kier molecular flexibility index (Phi) is 11.2. The Morgan fingerprint density at radius 2 is 1.41 bits per heavy atom. The van der Waals surface area contributed by atoms with E-state index in [0.717, 1.165) is 32.7 Å². The fourth-order valence-electron chi connectivity index (χ4n) is 4.33. The molecule has 1 fully saturated rings. The molecule has 0 aliphatic heterocycles. The van der Waals surface area contributed by atoms with Crippen LogP contribution in [0.25, 0.3) is 0 Å². The molecule has 0 aromatic rings. The van der Waals surface area contributed by atoms with E-state index in [1.165, 1.54) is 0 Å². The molecule has 1 atom stereocenters. The Morgan fingerprint density at radius 1 is 0.889 bits per heavy atom. The second-order valence-corrected chi connectivity index (χ2v) is 8.46. The minimum absolute atomic E-state index is 0.0317. The van der Waals surface area contributed by atoms with Crippen LogP contribution in [0.2, 0.25) is 0 Å². The summed E-state index contributed by atoms with van der Waals surface area (Å²) in [5, 5.41) is 20.0. The molecule has 1 aliphatic carbocycles. The smallest absolute Gasteiger partial charge is 0.146 e. The largest absolute Gasteiger partial charge is 0.389 e. The first-order valence-corrected chi connectivity index (χ1v) is 10.0. The van der Waals surface area contributed by atoms with Crippen molar-refractivity contribution in [1.29, 1.82) is 0 Å². The molecule has 8 heteroatoms. The summed E-state index contributed by atoms with van der Waals surface area (Å²) in [5.74, 6) is 0. The van der Waals surface area contributed by atoms with Crippen LogP contribution in [0.5, 0.6) is 0 Å². The van der Waals surface area contributed by atoms with Crippen LogP contribution in [-0.4, -0.2) is 89.7 Å². The highest BCUT2D eigenvalue weighted by molar-refractivity contribution is 5.12. The molecular weight excluding hydrogens is 348 g/mol. The average Bonchev–Trinajstić information content (AvgIpc) is 2.59. The molecule has 0 radical (unpaired) electrons. The minimum Gasteiger partial charge on any atom is -0.389 e. The van der Waals surface area contributed by atoms with Crippen molar-refractivity contribution in [1.82, 2.24) is 16.0 Å². The van der Waals surface area contributed by atoms with Gasteiger partial charge in [-0.25, -0.2) is 0 Å². The first kappa shape index (κ1) is 24.7. The van der Waals surface area contributed by atoms with Gasteiger partial charge >= 0.3 is 0 Å². The van der Waals surface area contributed by atoms with Gasteiger partial charge in [0.2, 0.25) is 0 Å². The fourth-order valence-corrected chi connectivity index (χ4v) is 4.33. The standard InChI is InChI=1S/C19H42N4O4/c1-18(2)16(19(3,4)17(18)27-14-25-5)26-13-15(24)12-23-11-10-22-9-8-21-7-6-20/h15-17,21-24H,6-14,20H2,1-5H3. The van der Waals surface area contributed by atoms with Crippen molar-refractivity contribution in [3.05, 3.63) is 0 Å². The molecule has 0 aromatic heterocycles. The first-order chi connectivity index (χ1) is 12.8. The van der Waals surface area contributed by atoms with E-state index < -0.39 is 6.10 Å². The summed E-state index contributed by atoms with van der Waals surface area (Å²) in [7, 11) is 1.63. The van der Waals surface area contributed by atoms with E-state index in [9.17, 15) is 5.11 Å². The first-order valence-electron chi connectivity index (χ1n) is 10.0. The molecule has 0 bridgehead atoms. The summed E-state index contributed by atoms with van der Waals surface area (Å²) < 4.78 is 16.9. The van der Waals surface area contributed by atoms with Crippen LogP contribution >= 0.6 is 0 Å². The molecule has 6 N–H and O–H groups in total. The van der Waals surface area contributed by atoms with Crippen LogP contribution in [0.15, 0.2) is 0 Å². The lowest BCUT2D eigenvalue weighted by Crippen LogP contribution is -2.69. The van der Waals surface area contributed by atoms with Gasteiger partial charge in [0.25, 0.3) is 0 Å². The van der Waals surface area contributed by atoms with Gasteiger partial charge in [-0.3, -0.25) is 0 Å². The van der Waals surface area contributed by atoms with Crippen molar-refractivity contribution in [2.75, 3.05) is 66.3 Å². The van der Waals surface area contributed by atoms with Crippen LogP contribution in [0, 0.1) is 10.8 Å². The van der Waals surface area contributed by atoms with Gasteiger partial charge in [0.1, 0.15) is 6.79 Å². The minimum atomic E-state index is -0.526. The highest BCUT2D eigenvalue weighted by Gasteiger charge is 2.63. The Balaban J connectivity index is 2.15. The van der Waals surface area contributed by atoms with Crippen molar-refractivity contribution in [2.45, 2.75) is 46.0 Å². The van der Waals surface area contributed by atoms with E-state index in [4.69, 9.17) is 19.9 Å². The third-order valence-electron chi connectivity index (χ3n) is 5.17. The molecule has 0 heterocycles. The van der Waals surface area contributed by atoms with Gasteiger partial charge in [0, 0.05) is 63.8 Å². The summed E-state index contributed by atoms with van der Waals surface area (Å²) in [6, 6.07) is 0. The lowest BCUT2D eigenvalue weighted by atomic mass is 9.51. The summed E-state index contributed by atoms with van der Waals surface area (Å²) in [5.41, 5.74) is 5.18. The molecule has 1 saturated carbocycles. The number of ether oxygens (including phenoxy) is 3. The number of methoxy groups -OCH3 is 1. The zero-order valence-corrected chi connectivity index (χ0v) is 17.8. The predicted molar refractivity (Wildman–Crippen MR) is 108 cm³/mol. The van der Waals surface area contributed by atoms with Gasteiger partial charge in [-0.1, -0.05) is 27.7 Å². The second kappa shape index (κ2) is 12.3. The van der Waals surface area contributed by atoms with Crippen LogP contribution in [0.3, 0.4) is 0 Å². The number of nitrogens with one attached hydrogen (secondary N) is 3. The topological polar surface area (TPSA) is 110 Å². The SMILES string of the molecule is COCOC1C(C)(C)C(OCC(O)CNCCNCCNCCN)C1(C)C. The van der Waals surface area contributed by atoms with E-state index in [1.807, 2.05) is 0 Å². The molecular formula is C19H42N4O4. The van der Waals surface area contributed by atoms with Crippen LogP contribution in [0.1, 0.15) is 27.7 Å². The number of nitrogens with two attached hydrogens (primary N) is 1. The maximum absolute atomic E-state index is 10.2. The predicted octanol–water partition coefficient (Wildman–Crippen LogP) is -0.485. The van der Waals surface area contributed by atoms with Crippen molar-refractivity contribution in [3.63, 3.8) is 0 Å². The molecule has 8 nitrogen and oxygen atoms in total. The van der Waals surface area contributed by atoms with Gasteiger partial charge in [0.05, 0.1) is 24.9 Å². The van der Waals surface area contributed by atoms with Crippen molar-refractivity contribution >= 4 is 0 Å². The monoisotopic (exact) mass is 390 g/mol. The molecule has 0 aromatic carbocycles. The molecule has 1 aliphatic rings. The lowest BCUT2D eigenvalue weighted by Gasteiger charge is -2.62. The van der Waals surface area contributed by atoms with E-state index >= 15 is 0 Å². The Morgan fingerprint density at radius 3 is 1.96 bits per heavy atom. The van der Waals surface area contributed by atoms with Crippen molar-refractivity contribution in [3.8, 4) is 0 Å². The highest BCUT2D eigenvalue weighted by Crippen LogP contribution is 2.57. The number of aliphatic hydroxyl groups excluding tert-OH is 1. The van der Waals surface area contributed by atoms with Crippen LogP contribution in [-0.2, 0) is 14.2 Å². The summed E-state index contributed by atoms with van der Waals surface area (Å²) >= 11 is 0. The fraction of sp³-hybridized carbons (Fsp3) is 1.00. The zero-order valence-electron chi connectivity index (χ0n) is 17.8. The third kappa shape index (κ3) is 7.55. The van der Waals surface area contributed by atoms with Gasteiger partial charge in [0.15, 0.2) is 0 Å². The van der Waals surface area contributed by atoms with Crippen molar-refractivity contribution < 1.29 is 19.3 Å². The number of rotatable bonds is 16. The molecule has 0 saturated heterocycles.